The zero-order chi connectivity index (χ0) is 17.6. The fourth-order valence-corrected chi connectivity index (χ4v) is 2.77. The van der Waals surface area contributed by atoms with Gasteiger partial charge in [-0.2, -0.15) is 18.3 Å². The third-order valence-electron chi connectivity index (χ3n) is 3.96. The number of aromatic nitrogens is 5. The van der Waals surface area contributed by atoms with Crippen molar-refractivity contribution in [1.82, 2.24) is 29.4 Å². The van der Waals surface area contributed by atoms with Crippen LogP contribution < -0.4 is 4.74 Å². The van der Waals surface area contributed by atoms with Gasteiger partial charge in [-0.25, -0.2) is 4.68 Å². The molecule has 3 heterocycles. The maximum atomic E-state index is 12.9. The Morgan fingerprint density at radius 1 is 1.33 bits per heavy atom. The van der Waals surface area contributed by atoms with Gasteiger partial charge in [0.05, 0.1) is 13.2 Å². The van der Waals surface area contributed by atoms with Crippen molar-refractivity contribution < 1.29 is 22.7 Å². The van der Waals surface area contributed by atoms with Gasteiger partial charge >= 0.3 is 6.18 Å². The van der Waals surface area contributed by atoms with Crippen molar-refractivity contribution in [3.05, 3.63) is 23.4 Å². The molecule has 0 radical (unpaired) electrons. The summed E-state index contributed by atoms with van der Waals surface area (Å²) in [4.78, 5) is 14.0. The van der Waals surface area contributed by atoms with Gasteiger partial charge in [-0.05, 0) is 6.92 Å². The molecule has 0 aromatic carbocycles. The quantitative estimate of drug-likeness (QED) is 0.819. The van der Waals surface area contributed by atoms with Crippen LogP contribution in [0, 0.1) is 0 Å². The Kier molecular flexibility index (Phi) is 3.73. The van der Waals surface area contributed by atoms with Crippen LogP contribution in [0.2, 0.25) is 0 Å². The SMILES string of the molecule is COc1cc(C(=O)N2CCn3c(nnc3C(F)(F)F)C2C)nn1C. The predicted molar refractivity (Wildman–Crippen MR) is 74.2 cm³/mol. The van der Waals surface area contributed by atoms with E-state index < -0.39 is 23.9 Å². The van der Waals surface area contributed by atoms with Crippen molar-refractivity contribution in [1.29, 1.82) is 0 Å². The Bertz CT molecular complexity index is 781. The molecule has 1 aliphatic heterocycles. The zero-order valence-electron chi connectivity index (χ0n) is 13.2. The van der Waals surface area contributed by atoms with Gasteiger partial charge < -0.3 is 14.2 Å². The van der Waals surface area contributed by atoms with Crippen molar-refractivity contribution in [3.8, 4) is 5.88 Å². The van der Waals surface area contributed by atoms with E-state index in [1.165, 1.54) is 22.8 Å². The molecular formula is C13H15F3N6O2. The van der Waals surface area contributed by atoms with Crippen molar-refractivity contribution in [2.24, 2.45) is 7.05 Å². The summed E-state index contributed by atoms with van der Waals surface area (Å²) in [6, 6.07) is 0.832. The highest BCUT2D eigenvalue weighted by Gasteiger charge is 2.42. The lowest BCUT2D eigenvalue weighted by atomic mass is 10.2. The summed E-state index contributed by atoms with van der Waals surface area (Å²) in [5.74, 6) is -0.935. The number of nitrogens with zero attached hydrogens (tertiary/aromatic N) is 6. The number of alkyl halides is 3. The molecule has 8 nitrogen and oxygen atoms in total. The second-order valence-electron chi connectivity index (χ2n) is 5.40. The van der Waals surface area contributed by atoms with Gasteiger partial charge in [0.15, 0.2) is 11.5 Å². The number of hydrogen-bond acceptors (Lipinski definition) is 5. The standard InChI is InChI=1S/C13H15F3N6O2/c1-7-10-17-18-12(13(14,15)16)22(10)5-4-21(7)11(23)8-6-9(24-3)20(2)19-8/h6-7H,4-5H2,1-3H3. The van der Waals surface area contributed by atoms with Gasteiger partial charge in [-0.3, -0.25) is 4.79 Å². The smallest absolute Gasteiger partial charge is 0.451 e. The summed E-state index contributed by atoms with van der Waals surface area (Å²) in [6.45, 7) is 1.68. The Balaban J connectivity index is 1.89. The third-order valence-corrected chi connectivity index (χ3v) is 3.96. The highest BCUT2D eigenvalue weighted by molar-refractivity contribution is 5.93. The molecule has 130 valence electrons. The van der Waals surface area contributed by atoms with E-state index in [1.54, 1.807) is 14.0 Å². The number of methoxy groups -OCH3 is 1. The Morgan fingerprint density at radius 3 is 2.62 bits per heavy atom. The first-order valence-electron chi connectivity index (χ1n) is 7.13. The largest absolute Gasteiger partial charge is 0.481 e. The molecule has 3 rings (SSSR count). The normalized spacial score (nSPS) is 17.8. The molecular weight excluding hydrogens is 329 g/mol. The number of ether oxygens (including phenoxy) is 1. The minimum Gasteiger partial charge on any atom is -0.481 e. The Labute approximate surface area is 134 Å². The van der Waals surface area contributed by atoms with Gasteiger partial charge in [0.2, 0.25) is 11.7 Å². The number of fused-ring (bicyclic) bond motifs is 1. The van der Waals surface area contributed by atoms with Crippen LogP contribution >= 0.6 is 0 Å². The Morgan fingerprint density at radius 2 is 2.04 bits per heavy atom. The first-order valence-corrected chi connectivity index (χ1v) is 7.13. The number of amides is 1. The van der Waals surface area contributed by atoms with Crippen molar-refractivity contribution in [3.63, 3.8) is 0 Å². The van der Waals surface area contributed by atoms with E-state index >= 15 is 0 Å². The molecule has 0 N–H and O–H groups in total. The maximum Gasteiger partial charge on any atom is 0.451 e. The summed E-state index contributed by atoms with van der Waals surface area (Å²) in [5, 5.41) is 10.9. The van der Waals surface area contributed by atoms with Gasteiger partial charge in [0, 0.05) is 26.2 Å². The van der Waals surface area contributed by atoms with Crippen LogP contribution in [0.15, 0.2) is 6.07 Å². The molecule has 2 aromatic rings. The van der Waals surface area contributed by atoms with Crippen LogP contribution in [0.1, 0.15) is 35.1 Å². The molecule has 0 fully saturated rings. The van der Waals surface area contributed by atoms with Crippen molar-refractivity contribution in [2.75, 3.05) is 13.7 Å². The van der Waals surface area contributed by atoms with E-state index in [0.717, 1.165) is 4.57 Å². The maximum absolute atomic E-state index is 12.9. The van der Waals surface area contributed by atoms with Gasteiger partial charge in [0.25, 0.3) is 5.91 Å². The average Bonchev–Trinajstić information content (AvgIpc) is 3.10. The van der Waals surface area contributed by atoms with Crippen molar-refractivity contribution in [2.45, 2.75) is 25.7 Å². The van der Waals surface area contributed by atoms with E-state index in [1.807, 2.05) is 0 Å². The monoisotopic (exact) mass is 344 g/mol. The molecule has 2 aromatic heterocycles. The molecule has 0 spiro atoms. The number of carbonyl (C=O) groups is 1. The number of carbonyl (C=O) groups excluding carboxylic acids is 1. The highest BCUT2D eigenvalue weighted by atomic mass is 19.4. The molecule has 1 atom stereocenters. The van der Waals surface area contributed by atoms with Crippen molar-refractivity contribution >= 4 is 5.91 Å². The van der Waals surface area contributed by atoms with Gasteiger partial charge in [0.1, 0.15) is 0 Å². The lowest BCUT2D eigenvalue weighted by molar-refractivity contribution is -0.148. The number of aryl methyl sites for hydroxylation is 1. The second-order valence-corrected chi connectivity index (χ2v) is 5.40. The minimum atomic E-state index is -4.58. The molecule has 0 aliphatic carbocycles. The molecule has 1 unspecified atom stereocenters. The zero-order valence-corrected chi connectivity index (χ0v) is 13.2. The molecule has 1 amide bonds. The summed E-state index contributed by atoms with van der Waals surface area (Å²) >= 11 is 0. The average molecular weight is 344 g/mol. The van der Waals surface area contributed by atoms with E-state index in [-0.39, 0.29) is 24.6 Å². The molecule has 24 heavy (non-hydrogen) atoms. The summed E-state index contributed by atoms with van der Waals surface area (Å²) in [5.41, 5.74) is 0.158. The molecule has 0 saturated heterocycles. The van der Waals surface area contributed by atoms with E-state index in [0.29, 0.717) is 5.88 Å². The second kappa shape index (κ2) is 5.49. The number of hydrogen-bond donors (Lipinski definition) is 0. The summed E-state index contributed by atoms with van der Waals surface area (Å²) in [6.07, 6.45) is -4.58. The van der Waals surface area contributed by atoms with Crippen LogP contribution in [-0.4, -0.2) is 49.0 Å². The summed E-state index contributed by atoms with van der Waals surface area (Å²) in [7, 11) is 3.08. The minimum absolute atomic E-state index is 0.0305. The number of rotatable bonds is 2. The molecule has 11 heteroatoms. The fraction of sp³-hybridized carbons (Fsp3) is 0.538. The van der Waals surface area contributed by atoms with Crippen LogP contribution in [0.25, 0.3) is 0 Å². The fourth-order valence-electron chi connectivity index (χ4n) is 2.77. The van der Waals surface area contributed by atoms with E-state index in [9.17, 15) is 18.0 Å². The molecule has 0 saturated carbocycles. The lowest BCUT2D eigenvalue weighted by Crippen LogP contribution is -2.42. The first-order chi connectivity index (χ1) is 11.2. The summed E-state index contributed by atoms with van der Waals surface area (Å²) < 4.78 is 46.2. The van der Waals surface area contributed by atoms with E-state index in [4.69, 9.17) is 4.74 Å². The predicted octanol–water partition coefficient (Wildman–Crippen LogP) is 1.26. The Hall–Kier alpha value is -2.59. The van der Waals surface area contributed by atoms with Gasteiger partial charge in [-0.15, -0.1) is 10.2 Å². The topological polar surface area (TPSA) is 78.1 Å². The third kappa shape index (κ3) is 2.49. The number of halogens is 3. The first kappa shape index (κ1) is 16.3. The van der Waals surface area contributed by atoms with Crippen LogP contribution in [0.5, 0.6) is 5.88 Å². The van der Waals surface area contributed by atoms with E-state index in [2.05, 4.69) is 15.3 Å². The van der Waals surface area contributed by atoms with Crippen LogP contribution in [0.4, 0.5) is 13.2 Å². The molecule has 1 aliphatic rings. The lowest BCUT2D eigenvalue weighted by Gasteiger charge is -2.33. The highest BCUT2D eigenvalue weighted by Crippen LogP contribution is 2.33. The van der Waals surface area contributed by atoms with Crippen LogP contribution in [0.3, 0.4) is 0 Å². The molecule has 0 bridgehead atoms. The van der Waals surface area contributed by atoms with Crippen LogP contribution in [-0.2, 0) is 19.8 Å². The van der Waals surface area contributed by atoms with Gasteiger partial charge in [-0.1, -0.05) is 0 Å².